The molecular formula is C33H45N5O3. The number of nitrogens with zero attached hydrogens (tertiary/aromatic N) is 4. The summed E-state index contributed by atoms with van der Waals surface area (Å²) in [5.41, 5.74) is 6.07. The van der Waals surface area contributed by atoms with Crippen LogP contribution in [0.4, 0.5) is 5.69 Å². The van der Waals surface area contributed by atoms with Crippen molar-refractivity contribution in [3.05, 3.63) is 87.6 Å². The molecule has 1 N–H and O–H groups in total. The first-order valence-electron chi connectivity index (χ1n) is 14.8. The van der Waals surface area contributed by atoms with Gasteiger partial charge in [-0.05, 0) is 94.0 Å². The third kappa shape index (κ3) is 7.36. The molecule has 1 aromatic carbocycles. The van der Waals surface area contributed by atoms with Gasteiger partial charge in [0.15, 0.2) is 5.69 Å². The van der Waals surface area contributed by atoms with Gasteiger partial charge in [0.2, 0.25) is 5.69 Å². The first-order valence-corrected chi connectivity index (χ1v) is 14.8. The predicted molar refractivity (Wildman–Crippen MR) is 163 cm³/mol. The Morgan fingerprint density at radius 2 is 1.85 bits per heavy atom. The van der Waals surface area contributed by atoms with Crippen LogP contribution in [0.1, 0.15) is 71.5 Å². The lowest BCUT2D eigenvalue weighted by atomic mass is 9.99. The fourth-order valence-corrected chi connectivity index (χ4v) is 5.92. The summed E-state index contributed by atoms with van der Waals surface area (Å²) in [5, 5.41) is 15.3. The first kappa shape index (κ1) is 30.3. The molecule has 1 atom stereocenters. The summed E-state index contributed by atoms with van der Waals surface area (Å²) in [4.78, 5) is 22.3. The standard InChI is InChI=1S/C33H45N5O3/c1-7-41-31-10-8-29(9-11-31)37(22-28-21-34-16-12-23(28)2)30-14-18-36(19-15-30)25(4)13-17-35-33(39)32-24(3)20-26(5)38(40)27(32)6/h8-12,16,20-21,25,30H,7,13-15,17-19,22H2,1-6H3,(H,35,39)/t25-/m1/s1. The fourth-order valence-electron chi connectivity index (χ4n) is 5.92. The van der Waals surface area contributed by atoms with Gasteiger partial charge in [0.25, 0.3) is 5.91 Å². The van der Waals surface area contributed by atoms with Crippen LogP contribution in [-0.4, -0.2) is 54.1 Å². The maximum absolute atomic E-state index is 12.9. The number of hydrogen-bond donors (Lipinski definition) is 1. The van der Waals surface area contributed by atoms with Crippen LogP contribution in [0.2, 0.25) is 0 Å². The summed E-state index contributed by atoms with van der Waals surface area (Å²) in [5.74, 6) is 0.719. The van der Waals surface area contributed by atoms with E-state index in [2.05, 4.69) is 64.3 Å². The minimum Gasteiger partial charge on any atom is -0.618 e. The van der Waals surface area contributed by atoms with E-state index in [1.165, 1.54) is 16.8 Å². The number of carbonyl (C=O) groups excluding carboxylic acids is 1. The molecule has 2 aromatic heterocycles. The van der Waals surface area contributed by atoms with E-state index in [4.69, 9.17) is 4.74 Å². The molecular weight excluding hydrogens is 514 g/mol. The number of aromatic nitrogens is 2. The van der Waals surface area contributed by atoms with Crippen molar-refractivity contribution < 1.29 is 14.3 Å². The van der Waals surface area contributed by atoms with Gasteiger partial charge in [-0.3, -0.25) is 9.78 Å². The van der Waals surface area contributed by atoms with Gasteiger partial charge in [-0.2, -0.15) is 4.73 Å². The second-order valence-electron chi connectivity index (χ2n) is 11.2. The molecule has 1 aliphatic heterocycles. The lowest BCUT2D eigenvalue weighted by Crippen LogP contribution is -2.48. The summed E-state index contributed by atoms with van der Waals surface area (Å²) in [7, 11) is 0. The Hall–Kier alpha value is -3.65. The third-order valence-corrected chi connectivity index (χ3v) is 8.41. The third-order valence-electron chi connectivity index (χ3n) is 8.41. The molecule has 3 heterocycles. The average Bonchev–Trinajstić information content (AvgIpc) is 2.96. The number of nitrogens with one attached hydrogen (secondary N) is 1. The van der Waals surface area contributed by atoms with Crippen LogP contribution in [-0.2, 0) is 6.54 Å². The van der Waals surface area contributed by atoms with E-state index in [1.54, 1.807) is 19.9 Å². The fraction of sp³-hybridized carbons (Fsp3) is 0.485. The molecule has 0 aliphatic carbocycles. The van der Waals surface area contributed by atoms with E-state index in [1.807, 2.05) is 26.2 Å². The van der Waals surface area contributed by atoms with Crippen LogP contribution in [0.15, 0.2) is 48.8 Å². The molecule has 1 fully saturated rings. The van der Waals surface area contributed by atoms with Gasteiger partial charge in [0, 0.05) is 76.3 Å². The van der Waals surface area contributed by atoms with Crippen LogP contribution < -0.4 is 19.7 Å². The van der Waals surface area contributed by atoms with Crippen LogP contribution in [0, 0.1) is 32.9 Å². The quantitative estimate of drug-likeness (QED) is 0.262. The van der Waals surface area contributed by atoms with Crippen LogP contribution in [0.5, 0.6) is 5.75 Å². The molecule has 220 valence electrons. The first-order chi connectivity index (χ1) is 19.7. The Morgan fingerprint density at radius 3 is 2.51 bits per heavy atom. The zero-order valence-corrected chi connectivity index (χ0v) is 25.4. The zero-order valence-electron chi connectivity index (χ0n) is 25.4. The molecule has 41 heavy (non-hydrogen) atoms. The molecule has 1 aliphatic rings. The predicted octanol–water partition coefficient (Wildman–Crippen LogP) is 5.03. The Bertz CT molecular complexity index is 1320. The van der Waals surface area contributed by atoms with Gasteiger partial charge in [-0.15, -0.1) is 0 Å². The summed E-state index contributed by atoms with van der Waals surface area (Å²) in [6.45, 7) is 15.8. The Labute approximate surface area is 244 Å². The Morgan fingerprint density at radius 1 is 1.15 bits per heavy atom. The molecule has 0 saturated carbocycles. The summed E-state index contributed by atoms with van der Waals surface area (Å²) >= 11 is 0. The van der Waals surface area contributed by atoms with Crippen LogP contribution in [0.25, 0.3) is 0 Å². The van der Waals surface area contributed by atoms with Crippen molar-refractivity contribution in [1.29, 1.82) is 0 Å². The zero-order chi connectivity index (χ0) is 29.5. The van der Waals surface area contributed by atoms with Crippen molar-refractivity contribution in [3.63, 3.8) is 0 Å². The maximum Gasteiger partial charge on any atom is 0.257 e. The van der Waals surface area contributed by atoms with Gasteiger partial charge < -0.3 is 25.1 Å². The van der Waals surface area contributed by atoms with Gasteiger partial charge in [0.05, 0.1) is 6.61 Å². The second-order valence-corrected chi connectivity index (χ2v) is 11.2. The van der Waals surface area contributed by atoms with E-state index < -0.39 is 0 Å². The number of benzene rings is 1. The molecule has 0 bridgehead atoms. The highest BCUT2D eigenvalue weighted by atomic mass is 16.5. The van der Waals surface area contributed by atoms with E-state index >= 15 is 0 Å². The smallest absolute Gasteiger partial charge is 0.257 e. The van der Waals surface area contributed by atoms with Gasteiger partial charge in [0.1, 0.15) is 11.3 Å². The van der Waals surface area contributed by atoms with Crippen molar-refractivity contribution in [2.45, 2.75) is 79.4 Å². The SMILES string of the molecule is CCOc1ccc(N(Cc2cnccc2C)C2CCN([C@H](C)CCNC(=O)c3c(C)cc(C)[n+]([O-])c3C)CC2)cc1. The van der Waals surface area contributed by atoms with Crippen molar-refractivity contribution in [3.8, 4) is 5.75 Å². The number of aryl methyl sites for hydroxylation is 3. The highest BCUT2D eigenvalue weighted by molar-refractivity contribution is 5.96. The van der Waals surface area contributed by atoms with Gasteiger partial charge in [-0.25, -0.2) is 0 Å². The number of pyridine rings is 2. The number of amides is 1. The number of hydrogen-bond acceptors (Lipinski definition) is 6. The summed E-state index contributed by atoms with van der Waals surface area (Å²) in [6, 6.07) is 13.1. The molecule has 0 unspecified atom stereocenters. The van der Waals surface area contributed by atoms with E-state index in [0.717, 1.165) is 54.9 Å². The molecule has 0 radical (unpaired) electrons. The minimum absolute atomic E-state index is 0.174. The van der Waals surface area contributed by atoms with E-state index in [0.29, 0.717) is 42.2 Å². The average molecular weight is 560 g/mol. The van der Waals surface area contributed by atoms with Crippen LogP contribution >= 0.6 is 0 Å². The molecule has 8 nitrogen and oxygen atoms in total. The molecule has 4 rings (SSSR count). The van der Waals surface area contributed by atoms with E-state index in [9.17, 15) is 10.0 Å². The molecule has 0 spiro atoms. The van der Waals surface area contributed by atoms with Gasteiger partial charge in [-0.1, -0.05) is 0 Å². The number of ether oxygens (including phenoxy) is 1. The van der Waals surface area contributed by atoms with Crippen molar-refractivity contribution in [2.75, 3.05) is 31.1 Å². The van der Waals surface area contributed by atoms with E-state index in [-0.39, 0.29) is 5.91 Å². The van der Waals surface area contributed by atoms with Crippen LogP contribution in [0.3, 0.4) is 0 Å². The van der Waals surface area contributed by atoms with Crippen molar-refractivity contribution in [1.82, 2.24) is 15.2 Å². The largest absolute Gasteiger partial charge is 0.618 e. The molecule has 8 heteroatoms. The topological polar surface area (TPSA) is 84.6 Å². The second kappa shape index (κ2) is 13.8. The molecule has 1 amide bonds. The highest BCUT2D eigenvalue weighted by Gasteiger charge is 2.28. The minimum atomic E-state index is -0.174. The van der Waals surface area contributed by atoms with Crippen molar-refractivity contribution >= 4 is 11.6 Å². The number of likely N-dealkylation sites (tertiary alicyclic amines) is 1. The van der Waals surface area contributed by atoms with Crippen molar-refractivity contribution in [2.24, 2.45) is 0 Å². The number of carbonyl (C=O) groups is 1. The Kier molecular flexibility index (Phi) is 10.2. The normalized spacial score (nSPS) is 15.0. The maximum atomic E-state index is 12.9. The lowest BCUT2D eigenvalue weighted by Gasteiger charge is -2.42. The lowest BCUT2D eigenvalue weighted by molar-refractivity contribution is -0.619. The summed E-state index contributed by atoms with van der Waals surface area (Å²) < 4.78 is 6.52. The van der Waals surface area contributed by atoms with Gasteiger partial charge >= 0.3 is 0 Å². The number of anilines is 1. The molecule has 1 saturated heterocycles. The summed E-state index contributed by atoms with van der Waals surface area (Å²) in [6.07, 6.45) is 6.82. The monoisotopic (exact) mass is 559 g/mol. The molecule has 3 aromatic rings. The number of rotatable bonds is 11. The highest BCUT2D eigenvalue weighted by Crippen LogP contribution is 2.29. The number of piperidine rings is 1. The Balaban J connectivity index is 1.35.